The lowest BCUT2D eigenvalue weighted by molar-refractivity contribution is -0.144. The van der Waals surface area contributed by atoms with Gasteiger partial charge in [0, 0.05) is 6.04 Å². The molecule has 1 aromatic rings. The zero-order valence-corrected chi connectivity index (χ0v) is 11.8. The molecule has 18 heavy (non-hydrogen) atoms. The van der Waals surface area contributed by atoms with Crippen molar-refractivity contribution in [2.24, 2.45) is 11.8 Å². The third-order valence-corrected chi connectivity index (χ3v) is 3.56. The van der Waals surface area contributed by atoms with Crippen LogP contribution < -0.4 is 5.32 Å². The number of aliphatic carboxylic acids is 1. The topological polar surface area (TPSA) is 49.3 Å². The maximum Gasteiger partial charge on any atom is 0.308 e. The second kappa shape index (κ2) is 6.01. The van der Waals surface area contributed by atoms with Crippen molar-refractivity contribution in [2.75, 3.05) is 7.05 Å². The lowest BCUT2D eigenvalue weighted by atomic mass is 9.84. The number of hydrogen-bond acceptors (Lipinski definition) is 2. The number of carboxylic acids is 1. The van der Waals surface area contributed by atoms with E-state index in [9.17, 15) is 9.90 Å². The van der Waals surface area contributed by atoms with E-state index in [1.165, 1.54) is 11.1 Å². The minimum Gasteiger partial charge on any atom is -0.481 e. The van der Waals surface area contributed by atoms with Gasteiger partial charge in [-0.1, -0.05) is 32.0 Å². The summed E-state index contributed by atoms with van der Waals surface area (Å²) in [5.41, 5.74) is 3.47. The van der Waals surface area contributed by atoms with Crippen LogP contribution in [0.2, 0.25) is 0 Å². The fourth-order valence-corrected chi connectivity index (χ4v) is 2.32. The molecule has 1 aromatic carbocycles. The lowest BCUT2D eigenvalue weighted by Crippen LogP contribution is -2.34. The molecule has 0 amide bonds. The predicted octanol–water partition coefficient (Wildman–Crippen LogP) is 2.92. The van der Waals surface area contributed by atoms with Gasteiger partial charge in [0.05, 0.1) is 5.92 Å². The van der Waals surface area contributed by atoms with Crippen LogP contribution in [0.3, 0.4) is 0 Å². The molecule has 3 nitrogen and oxygen atoms in total. The van der Waals surface area contributed by atoms with Gasteiger partial charge in [-0.05, 0) is 43.5 Å². The van der Waals surface area contributed by atoms with Crippen LogP contribution in [0.25, 0.3) is 0 Å². The third-order valence-electron chi connectivity index (χ3n) is 3.56. The molecule has 0 saturated carbocycles. The highest BCUT2D eigenvalue weighted by molar-refractivity contribution is 5.71. The van der Waals surface area contributed by atoms with Crippen molar-refractivity contribution >= 4 is 5.97 Å². The SMILES string of the molecule is CNC(c1ccc(C)c(C)c1)C(C(=O)O)C(C)C. The van der Waals surface area contributed by atoms with E-state index < -0.39 is 11.9 Å². The van der Waals surface area contributed by atoms with Gasteiger partial charge in [0.15, 0.2) is 0 Å². The fourth-order valence-electron chi connectivity index (χ4n) is 2.32. The fraction of sp³-hybridized carbons (Fsp3) is 0.533. The Morgan fingerprint density at radius 2 is 1.83 bits per heavy atom. The summed E-state index contributed by atoms with van der Waals surface area (Å²) in [6.45, 7) is 8.01. The van der Waals surface area contributed by atoms with Crippen LogP contribution in [0.1, 0.15) is 36.6 Å². The van der Waals surface area contributed by atoms with E-state index in [4.69, 9.17) is 0 Å². The summed E-state index contributed by atoms with van der Waals surface area (Å²) in [5, 5.41) is 12.5. The maximum atomic E-state index is 11.4. The zero-order valence-electron chi connectivity index (χ0n) is 11.8. The molecule has 0 radical (unpaired) electrons. The van der Waals surface area contributed by atoms with Gasteiger partial charge in [-0.15, -0.1) is 0 Å². The molecule has 0 aliphatic rings. The van der Waals surface area contributed by atoms with Crippen molar-refractivity contribution in [1.82, 2.24) is 5.32 Å². The van der Waals surface area contributed by atoms with Crippen LogP contribution in [0.4, 0.5) is 0 Å². The monoisotopic (exact) mass is 249 g/mol. The summed E-state index contributed by atoms with van der Waals surface area (Å²) in [7, 11) is 1.82. The molecule has 2 unspecified atom stereocenters. The molecule has 0 heterocycles. The first-order valence-corrected chi connectivity index (χ1v) is 6.35. The summed E-state index contributed by atoms with van der Waals surface area (Å²) in [6.07, 6.45) is 0. The second-order valence-electron chi connectivity index (χ2n) is 5.22. The van der Waals surface area contributed by atoms with Crippen LogP contribution in [-0.4, -0.2) is 18.1 Å². The Morgan fingerprint density at radius 1 is 1.22 bits per heavy atom. The van der Waals surface area contributed by atoms with E-state index in [0.717, 1.165) is 5.56 Å². The first kappa shape index (κ1) is 14.7. The number of aryl methyl sites for hydroxylation is 2. The normalized spacial score (nSPS) is 14.6. The molecular formula is C15H23NO2. The van der Waals surface area contributed by atoms with E-state index in [1.807, 2.05) is 33.0 Å². The van der Waals surface area contributed by atoms with Crippen molar-refractivity contribution in [2.45, 2.75) is 33.7 Å². The van der Waals surface area contributed by atoms with Crippen LogP contribution in [0.15, 0.2) is 18.2 Å². The average molecular weight is 249 g/mol. The molecule has 0 bridgehead atoms. The number of carbonyl (C=O) groups is 1. The zero-order chi connectivity index (χ0) is 13.9. The first-order chi connectivity index (χ1) is 8.38. The van der Waals surface area contributed by atoms with Gasteiger partial charge >= 0.3 is 5.97 Å². The highest BCUT2D eigenvalue weighted by atomic mass is 16.4. The lowest BCUT2D eigenvalue weighted by Gasteiger charge is -2.27. The molecule has 0 saturated heterocycles. The van der Waals surface area contributed by atoms with Crippen molar-refractivity contribution in [1.29, 1.82) is 0 Å². The molecule has 0 aliphatic heterocycles. The minimum absolute atomic E-state index is 0.0848. The number of nitrogens with one attached hydrogen (secondary N) is 1. The molecule has 3 heteroatoms. The molecule has 0 spiro atoms. The Bertz CT molecular complexity index is 427. The molecule has 2 N–H and O–H groups in total. The van der Waals surface area contributed by atoms with E-state index in [1.54, 1.807) is 0 Å². The van der Waals surface area contributed by atoms with E-state index >= 15 is 0 Å². The van der Waals surface area contributed by atoms with Gasteiger partial charge in [-0.2, -0.15) is 0 Å². The Balaban J connectivity index is 3.14. The smallest absolute Gasteiger partial charge is 0.308 e. The molecular weight excluding hydrogens is 226 g/mol. The van der Waals surface area contributed by atoms with Crippen LogP contribution in [0, 0.1) is 25.7 Å². The van der Waals surface area contributed by atoms with Crippen LogP contribution >= 0.6 is 0 Å². The van der Waals surface area contributed by atoms with Gasteiger partial charge in [-0.25, -0.2) is 0 Å². The summed E-state index contributed by atoms with van der Waals surface area (Å²) in [6, 6.07) is 5.99. The standard InChI is InChI=1S/C15H23NO2/c1-9(2)13(15(17)18)14(16-5)12-7-6-10(3)11(4)8-12/h6-9,13-14,16H,1-5H3,(H,17,18). The van der Waals surface area contributed by atoms with Crippen LogP contribution in [0.5, 0.6) is 0 Å². The number of carboxylic acid groups (broad SMARTS) is 1. The number of hydrogen-bond donors (Lipinski definition) is 2. The first-order valence-electron chi connectivity index (χ1n) is 6.35. The molecule has 1 rings (SSSR count). The number of rotatable bonds is 5. The van der Waals surface area contributed by atoms with Crippen molar-refractivity contribution in [3.8, 4) is 0 Å². The van der Waals surface area contributed by atoms with Crippen molar-refractivity contribution in [3.63, 3.8) is 0 Å². The van der Waals surface area contributed by atoms with Gasteiger partial charge < -0.3 is 10.4 Å². The third kappa shape index (κ3) is 3.10. The van der Waals surface area contributed by atoms with Crippen molar-refractivity contribution < 1.29 is 9.90 Å². The summed E-state index contributed by atoms with van der Waals surface area (Å²) >= 11 is 0. The summed E-state index contributed by atoms with van der Waals surface area (Å²) in [5.74, 6) is -1.08. The van der Waals surface area contributed by atoms with Crippen molar-refractivity contribution in [3.05, 3.63) is 34.9 Å². The molecule has 0 fully saturated rings. The Kier molecular flexibility index (Phi) is 4.91. The van der Waals surface area contributed by atoms with E-state index in [-0.39, 0.29) is 12.0 Å². The Morgan fingerprint density at radius 3 is 2.22 bits per heavy atom. The molecule has 100 valence electrons. The van der Waals surface area contributed by atoms with Gasteiger partial charge in [0.2, 0.25) is 0 Å². The Labute approximate surface area is 109 Å². The average Bonchev–Trinajstić information content (AvgIpc) is 2.28. The Hall–Kier alpha value is -1.35. The molecule has 2 atom stereocenters. The molecule has 0 aromatic heterocycles. The van der Waals surface area contributed by atoms with Gasteiger partial charge in [0.1, 0.15) is 0 Å². The highest BCUT2D eigenvalue weighted by Crippen LogP contribution is 2.29. The van der Waals surface area contributed by atoms with E-state index in [2.05, 4.69) is 25.2 Å². The summed E-state index contributed by atoms with van der Waals surface area (Å²) in [4.78, 5) is 11.4. The minimum atomic E-state index is -0.748. The maximum absolute atomic E-state index is 11.4. The largest absolute Gasteiger partial charge is 0.481 e. The predicted molar refractivity (Wildman–Crippen MR) is 73.7 cm³/mol. The number of benzene rings is 1. The van der Waals surface area contributed by atoms with Gasteiger partial charge in [0.25, 0.3) is 0 Å². The van der Waals surface area contributed by atoms with E-state index in [0.29, 0.717) is 0 Å². The summed E-state index contributed by atoms with van der Waals surface area (Å²) < 4.78 is 0. The molecule has 0 aliphatic carbocycles. The van der Waals surface area contributed by atoms with Crippen LogP contribution in [-0.2, 0) is 4.79 Å². The second-order valence-corrected chi connectivity index (χ2v) is 5.22. The quantitative estimate of drug-likeness (QED) is 0.843. The van der Waals surface area contributed by atoms with Gasteiger partial charge in [-0.3, -0.25) is 4.79 Å². The highest BCUT2D eigenvalue weighted by Gasteiger charge is 2.31.